The van der Waals surface area contributed by atoms with Crippen LogP contribution in [0.1, 0.15) is 11.1 Å². The lowest BCUT2D eigenvalue weighted by atomic mass is 10.0. The molecule has 0 atom stereocenters. The highest BCUT2D eigenvalue weighted by molar-refractivity contribution is 5.73. The van der Waals surface area contributed by atoms with Gasteiger partial charge in [0.1, 0.15) is 5.52 Å². The van der Waals surface area contributed by atoms with Crippen molar-refractivity contribution < 1.29 is 23.1 Å². The zero-order valence-corrected chi connectivity index (χ0v) is 13.0. The summed E-state index contributed by atoms with van der Waals surface area (Å²) < 4.78 is 40.6. The molecule has 0 aliphatic carbocycles. The highest BCUT2D eigenvalue weighted by Crippen LogP contribution is 2.32. The van der Waals surface area contributed by atoms with Crippen molar-refractivity contribution in [1.82, 2.24) is 19.5 Å². The molecule has 7 nitrogen and oxygen atoms in total. The van der Waals surface area contributed by atoms with E-state index < -0.39 is 11.7 Å². The van der Waals surface area contributed by atoms with Gasteiger partial charge in [-0.05, 0) is 23.8 Å². The first-order valence-corrected chi connectivity index (χ1v) is 6.93. The molecule has 3 rings (SSSR count). The molecule has 0 radical (unpaired) electrons. The van der Waals surface area contributed by atoms with Crippen molar-refractivity contribution in [3.8, 4) is 11.4 Å². The van der Waals surface area contributed by atoms with Crippen molar-refractivity contribution in [2.45, 2.75) is 12.7 Å². The molecule has 3 aromatic rings. The van der Waals surface area contributed by atoms with Crippen LogP contribution in [0.2, 0.25) is 0 Å². The molecular formula is C15H14F3N5O2. The molecule has 10 heteroatoms. The van der Waals surface area contributed by atoms with Crippen molar-refractivity contribution in [1.29, 1.82) is 0 Å². The van der Waals surface area contributed by atoms with Crippen LogP contribution < -0.4 is 5.73 Å². The molecular weight excluding hydrogens is 339 g/mol. The first-order chi connectivity index (χ1) is 11.8. The fraction of sp³-hybridized carbons (Fsp3) is 0.200. The highest BCUT2D eigenvalue weighted by atomic mass is 19.4. The molecule has 0 amide bonds. The summed E-state index contributed by atoms with van der Waals surface area (Å²) in [5.41, 5.74) is 6.48. The minimum absolute atomic E-state index is 0.00273. The fourth-order valence-electron chi connectivity index (χ4n) is 2.16. The van der Waals surface area contributed by atoms with Crippen molar-refractivity contribution >= 4 is 17.6 Å². The summed E-state index contributed by atoms with van der Waals surface area (Å²) in [5.74, 6) is 0.187. The van der Waals surface area contributed by atoms with Crippen molar-refractivity contribution in [3.63, 3.8) is 0 Å². The predicted molar refractivity (Wildman–Crippen MR) is 83.3 cm³/mol. The maximum atomic E-state index is 13.0. The summed E-state index contributed by atoms with van der Waals surface area (Å²) in [6.07, 6.45) is -1.34. The number of nitrogens with zero attached hydrogens (tertiary/aromatic N) is 4. The maximum absolute atomic E-state index is 13.0. The molecule has 0 aliphatic heterocycles. The molecule has 0 aliphatic rings. The minimum Gasteiger partial charge on any atom is -0.483 e. The lowest BCUT2D eigenvalue weighted by molar-refractivity contribution is -0.137. The van der Waals surface area contributed by atoms with Gasteiger partial charge < -0.3 is 15.4 Å². The SMILES string of the molecule is Cn1cnc2nc(-c3cc(CN)cc(C(F)(F)F)c3)ncc21.O=CO. The summed E-state index contributed by atoms with van der Waals surface area (Å²) in [5, 5.41) is 6.89. The van der Waals surface area contributed by atoms with E-state index in [1.54, 1.807) is 24.0 Å². The van der Waals surface area contributed by atoms with Crippen LogP contribution in [0.25, 0.3) is 22.6 Å². The number of aryl methyl sites for hydroxylation is 1. The van der Waals surface area contributed by atoms with Crippen molar-refractivity contribution in [2.75, 3.05) is 0 Å². The Hall–Kier alpha value is -3.01. The van der Waals surface area contributed by atoms with Crippen molar-refractivity contribution in [2.24, 2.45) is 12.8 Å². The van der Waals surface area contributed by atoms with Gasteiger partial charge in [0, 0.05) is 19.2 Å². The van der Waals surface area contributed by atoms with Gasteiger partial charge >= 0.3 is 6.18 Å². The Bertz CT molecular complexity index is 892. The number of nitrogens with two attached hydrogens (primary N) is 1. The van der Waals surface area contributed by atoms with Crippen LogP contribution in [-0.2, 0) is 24.6 Å². The van der Waals surface area contributed by atoms with Gasteiger partial charge in [-0.2, -0.15) is 13.2 Å². The van der Waals surface area contributed by atoms with Gasteiger partial charge in [0.05, 0.1) is 18.1 Å². The van der Waals surface area contributed by atoms with E-state index in [2.05, 4.69) is 15.0 Å². The molecule has 2 aromatic heterocycles. The Kier molecular flexibility index (Phi) is 5.32. The number of aromatic nitrogens is 4. The first-order valence-electron chi connectivity index (χ1n) is 6.93. The summed E-state index contributed by atoms with van der Waals surface area (Å²) in [4.78, 5) is 20.8. The van der Waals surface area contributed by atoms with Crippen LogP contribution in [0, 0.1) is 0 Å². The monoisotopic (exact) mass is 353 g/mol. The normalized spacial score (nSPS) is 11.1. The average molecular weight is 353 g/mol. The van der Waals surface area contributed by atoms with Gasteiger partial charge in [0.25, 0.3) is 6.47 Å². The molecule has 0 bridgehead atoms. The Morgan fingerprint density at radius 3 is 2.56 bits per heavy atom. The topological polar surface area (TPSA) is 107 Å². The number of halogens is 3. The van der Waals surface area contributed by atoms with Gasteiger partial charge in [0.15, 0.2) is 11.5 Å². The summed E-state index contributed by atoms with van der Waals surface area (Å²) in [6, 6.07) is 3.60. The molecule has 0 saturated heterocycles. The Balaban J connectivity index is 0.000000701. The molecule has 132 valence electrons. The zero-order valence-electron chi connectivity index (χ0n) is 13.0. The number of hydrogen-bond acceptors (Lipinski definition) is 5. The van der Waals surface area contributed by atoms with Crippen LogP contribution in [0.5, 0.6) is 0 Å². The molecule has 1 aromatic carbocycles. The van der Waals surface area contributed by atoms with Gasteiger partial charge in [-0.15, -0.1) is 0 Å². The quantitative estimate of drug-likeness (QED) is 0.684. The van der Waals surface area contributed by atoms with E-state index in [9.17, 15) is 13.2 Å². The third-order valence-electron chi connectivity index (χ3n) is 3.30. The minimum atomic E-state index is -4.45. The van der Waals surface area contributed by atoms with Crippen LogP contribution in [0.15, 0.2) is 30.7 Å². The Morgan fingerprint density at radius 1 is 1.28 bits per heavy atom. The highest BCUT2D eigenvalue weighted by Gasteiger charge is 2.31. The van der Waals surface area contributed by atoms with Gasteiger partial charge in [-0.25, -0.2) is 15.0 Å². The number of carbonyl (C=O) groups is 1. The van der Waals surface area contributed by atoms with E-state index in [4.69, 9.17) is 15.6 Å². The number of imidazole rings is 1. The molecule has 0 unspecified atom stereocenters. The van der Waals surface area contributed by atoms with Gasteiger partial charge in [0.2, 0.25) is 0 Å². The molecule has 2 heterocycles. The van der Waals surface area contributed by atoms with Crippen LogP contribution in [0.4, 0.5) is 13.2 Å². The largest absolute Gasteiger partial charge is 0.483 e. The number of carboxylic acid groups (broad SMARTS) is 1. The average Bonchev–Trinajstić information content (AvgIpc) is 2.95. The van der Waals surface area contributed by atoms with E-state index in [1.165, 1.54) is 6.20 Å². The van der Waals surface area contributed by atoms with Crippen molar-refractivity contribution in [3.05, 3.63) is 41.9 Å². The van der Waals surface area contributed by atoms with Crippen LogP contribution in [0.3, 0.4) is 0 Å². The molecule has 0 fully saturated rings. The maximum Gasteiger partial charge on any atom is 0.416 e. The van der Waals surface area contributed by atoms with E-state index in [-0.39, 0.29) is 24.4 Å². The first kappa shape index (κ1) is 18.3. The number of hydrogen-bond donors (Lipinski definition) is 2. The third-order valence-corrected chi connectivity index (χ3v) is 3.30. The lowest BCUT2D eigenvalue weighted by Gasteiger charge is -2.11. The number of fused-ring (bicyclic) bond motifs is 1. The smallest absolute Gasteiger partial charge is 0.416 e. The van der Waals surface area contributed by atoms with E-state index in [1.807, 2.05) is 0 Å². The van der Waals surface area contributed by atoms with Gasteiger partial charge in [-0.3, -0.25) is 4.79 Å². The van der Waals surface area contributed by atoms with E-state index >= 15 is 0 Å². The number of alkyl halides is 3. The lowest BCUT2D eigenvalue weighted by Crippen LogP contribution is -2.08. The molecule has 0 saturated carbocycles. The van der Waals surface area contributed by atoms with E-state index in [0.29, 0.717) is 16.7 Å². The second-order valence-electron chi connectivity index (χ2n) is 4.98. The van der Waals surface area contributed by atoms with Crippen LogP contribution in [-0.4, -0.2) is 31.1 Å². The second-order valence-corrected chi connectivity index (χ2v) is 4.98. The molecule has 3 N–H and O–H groups in total. The second kappa shape index (κ2) is 7.26. The fourth-order valence-corrected chi connectivity index (χ4v) is 2.16. The zero-order chi connectivity index (χ0) is 18.6. The van der Waals surface area contributed by atoms with Gasteiger partial charge in [-0.1, -0.05) is 0 Å². The Labute approximate surface area is 140 Å². The Morgan fingerprint density at radius 2 is 1.96 bits per heavy atom. The predicted octanol–water partition coefficient (Wildman–Crippen LogP) is 2.21. The summed E-state index contributed by atoms with van der Waals surface area (Å²) >= 11 is 0. The standard InChI is InChI=1S/C14H12F3N5.CH2O2/c1-22-7-20-13-11(22)6-19-12(21-13)9-2-8(5-18)3-10(4-9)14(15,16)17;2-1-3/h2-4,6-7H,5,18H2,1H3;1H,(H,2,3). The molecule has 25 heavy (non-hydrogen) atoms. The third kappa shape index (κ3) is 4.10. The molecule has 0 spiro atoms. The number of benzene rings is 1. The van der Waals surface area contributed by atoms with E-state index in [0.717, 1.165) is 12.1 Å². The van der Waals surface area contributed by atoms with Crippen LogP contribution >= 0.6 is 0 Å². The summed E-state index contributed by atoms with van der Waals surface area (Å²) in [7, 11) is 1.79. The summed E-state index contributed by atoms with van der Waals surface area (Å²) in [6.45, 7) is -0.247. The number of rotatable bonds is 2.